The second kappa shape index (κ2) is 9.44. The minimum Gasteiger partial charge on any atom is -0.493 e. The van der Waals surface area contributed by atoms with Crippen LogP contribution in [0.15, 0.2) is 36.5 Å². The highest BCUT2D eigenvalue weighted by Gasteiger charge is 2.42. The Balaban J connectivity index is 2.21. The molecule has 0 spiro atoms. The summed E-state index contributed by atoms with van der Waals surface area (Å²) in [5, 5.41) is 13.4. The van der Waals surface area contributed by atoms with E-state index >= 15 is 4.39 Å². The first-order valence-electron chi connectivity index (χ1n) is 7.93. The van der Waals surface area contributed by atoms with Gasteiger partial charge in [0.25, 0.3) is 5.91 Å². The molecular formula is C18H19Cl2FN2O2S. The topological polar surface area (TPSA) is 62.2 Å². The van der Waals surface area contributed by atoms with Gasteiger partial charge in [0.05, 0.1) is 5.56 Å². The minimum absolute atomic E-state index is 0.0457. The average Bonchev–Trinajstić information content (AvgIpc) is 2.61. The molecule has 0 saturated heterocycles. The van der Waals surface area contributed by atoms with E-state index in [1.165, 1.54) is 18.3 Å². The fourth-order valence-electron chi connectivity index (χ4n) is 2.52. The van der Waals surface area contributed by atoms with Gasteiger partial charge < -0.3 is 10.4 Å². The lowest BCUT2D eigenvalue weighted by molar-refractivity contribution is -0.134. The molecule has 4 nitrogen and oxygen atoms in total. The number of benzene rings is 1. The molecule has 8 heteroatoms. The first-order chi connectivity index (χ1) is 12.4. The first-order valence-corrected chi connectivity index (χ1v) is 10.1. The van der Waals surface area contributed by atoms with E-state index in [4.69, 9.17) is 23.2 Å². The van der Waals surface area contributed by atoms with Gasteiger partial charge in [0.1, 0.15) is 0 Å². The molecule has 1 atom stereocenters. The number of nitrogens with zero attached hydrogens (tertiary/aromatic N) is 1. The largest absolute Gasteiger partial charge is 0.493 e. The Labute approximate surface area is 166 Å². The third-order valence-electron chi connectivity index (χ3n) is 3.90. The smallest absolute Gasteiger partial charge is 0.262 e. The van der Waals surface area contributed by atoms with Crippen LogP contribution in [0.25, 0.3) is 0 Å². The number of carbonyl (C=O) groups excluding carboxylic acids is 1. The number of aromatic nitrogens is 1. The van der Waals surface area contributed by atoms with Crippen molar-refractivity contribution in [2.45, 2.75) is 25.1 Å². The number of rotatable bonds is 8. The van der Waals surface area contributed by atoms with Gasteiger partial charge in [-0.1, -0.05) is 29.3 Å². The number of halogens is 3. The number of aromatic hydroxyl groups is 1. The number of hydrogen-bond acceptors (Lipinski definition) is 4. The number of carbonyl (C=O) groups is 1. The molecule has 0 fully saturated rings. The first kappa shape index (κ1) is 20.8. The van der Waals surface area contributed by atoms with E-state index in [-0.39, 0.29) is 18.5 Å². The zero-order valence-corrected chi connectivity index (χ0v) is 16.5. The molecule has 1 amide bonds. The maximum atomic E-state index is 15.7. The summed E-state index contributed by atoms with van der Waals surface area (Å²) in [6.07, 6.45) is 3.66. The summed E-state index contributed by atoms with van der Waals surface area (Å²) in [5.41, 5.74) is -1.90. The molecule has 0 aliphatic rings. The summed E-state index contributed by atoms with van der Waals surface area (Å²) in [4.78, 5) is 16.4. The molecular weight excluding hydrogens is 398 g/mol. The Kier molecular flexibility index (Phi) is 7.55. The van der Waals surface area contributed by atoms with Gasteiger partial charge in [-0.15, -0.1) is 0 Å². The second-order valence-electron chi connectivity index (χ2n) is 5.69. The minimum atomic E-state index is -2.38. The zero-order chi connectivity index (χ0) is 19.2. The molecule has 0 aliphatic heterocycles. The van der Waals surface area contributed by atoms with E-state index < -0.39 is 17.5 Å². The SMILES string of the molecule is CSCCC[C@@](F)(C(=O)NCc1ccc(Cl)cc1Cl)c1cccnc1O. The van der Waals surface area contributed by atoms with Crippen LogP contribution >= 0.6 is 35.0 Å². The van der Waals surface area contributed by atoms with Crippen molar-refractivity contribution < 1.29 is 14.3 Å². The maximum absolute atomic E-state index is 15.7. The van der Waals surface area contributed by atoms with Crippen LogP contribution in [0.3, 0.4) is 0 Å². The molecule has 26 heavy (non-hydrogen) atoms. The summed E-state index contributed by atoms with van der Waals surface area (Å²) >= 11 is 13.5. The standard InChI is InChI=1S/C18H19Cl2FN2O2S/c1-26-9-3-7-18(21,14-4-2-8-22-16(14)24)17(25)23-11-12-5-6-13(19)10-15(12)20/h2,4-6,8,10H,3,7,9,11H2,1H3,(H,22,24)(H,23,25)/t18-/m0/s1. The Bertz CT molecular complexity index is 779. The summed E-state index contributed by atoms with van der Waals surface area (Å²) in [6, 6.07) is 7.72. The summed E-state index contributed by atoms with van der Waals surface area (Å²) in [7, 11) is 0. The third-order valence-corrected chi connectivity index (χ3v) is 5.18. The number of alkyl halides is 1. The molecule has 0 bridgehead atoms. The molecule has 2 N–H and O–H groups in total. The predicted octanol–water partition coefficient (Wildman–Crippen LogP) is 4.72. The zero-order valence-electron chi connectivity index (χ0n) is 14.1. The molecule has 2 aromatic rings. The summed E-state index contributed by atoms with van der Waals surface area (Å²) in [6.45, 7) is 0.0457. The van der Waals surface area contributed by atoms with Crippen molar-refractivity contribution in [2.75, 3.05) is 12.0 Å². The molecule has 0 radical (unpaired) electrons. The number of hydrogen-bond donors (Lipinski definition) is 2. The van der Waals surface area contributed by atoms with Gasteiger partial charge in [-0.25, -0.2) is 9.37 Å². The molecule has 1 aromatic heterocycles. The normalized spacial score (nSPS) is 13.2. The summed E-state index contributed by atoms with van der Waals surface area (Å²) < 4.78 is 15.7. The van der Waals surface area contributed by atoms with Gasteiger partial charge in [-0.05, 0) is 54.7 Å². The van der Waals surface area contributed by atoms with Crippen LogP contribution in [0.2, 0.25) is 10.0 Å². The Morgan fingerprint density at radius 3 is 2.81 bits per heavy atom. The van der Waals surface area contributed by atoms with E-state index in [2.05, 4.69) is 10.3 Å². The van der Waals surface area contributed by atoms with Crippen LogP contribution in [0, 0.1) is 0 Å². The number of pyridine rings is 1. The van der Waals surface area contributed by atoms with Gasteiger partial charge in [-0.3, -0.25) is 4.79 Å². The highest BCUT2D eigenvalue weighted by Crippen LogP contribution is 2.36. The summed E-state index contributed by atoms with van der Waals surface area (Å²) in [5.74, 6) is -0.630. The number of thioether (sulfide) groups is 1. The van der Waals surface area contributed by atoms with Crippen molar-refractivity contribution in [3.63, 3.8) is 0 Å². The maximum Gasteiger partial charge on any atom is 0.262 e. The van der Waals surface area contributed by atoms with Crippen LogP contribution in [-0.4, -0.2) is 28.0 Å². The molecule has 1 heterocycles. The van der Waals surface area contributed by atoms with Gasteiger partial charge in [0, 0.05) is 22.8 Å². The van der Waals surface area contributed by atoms with Crippen LogP contribution in [0.1, 0.15) is 24.0 Å². The lowest BCUT2D eigenvalue weighted by Crippen LogP contribution is -2.41. The lowest BCUT2D eigenvalue weighted by atomic mass is 9.90. The average molecular weight is 417 g/mol. The monoisotopic (exact) mass is 416 g/mol. The van der Waals surface area contributed by atoms with Gasteiger partial charge in [0.2, 0.25) is 11.5 Å². The van der Waals surface area contributed by atoms with Crippen molar-refractivity contribution in [1.82, 2.24) is 10.3 Å². The lowest BCUT2D eigenvalue weighted by Gasteiger charge is -2.25. The fourth-order valence-corrected chi connectivity index (χ4v) is 3.43. The third kappa shape index (κ3) is 5.02. The van der Waals surface area contributed by atoms with Crippen molar-refractivity contribution in [2.24, 2.45) is 0 Å². The Morgan fingerprint density at radius 1 is 1.38 bits per heavy atom. The Hall–Kier alpha value is -1.50. The van der Waals surface area contributed by atoms with Crippen molar-refractivity contribution in [3.05, 3.63) is 57.7 Å². The predicted molar refractivity (Wildman–Crippen MR) is 105 cm³/mol. The fraction of sp³-hybridized carbons (Fsp3) is 0.333. The molecule has 2 rings (SSSR count). The number of amides is 1. The van der Waals surface area contributed by atoms with Gasteiger partial charge >= 0.3 is 0 Å². The van der Waals surface area contributed by atoms with Crippen molar-refractivity contribution >= 4 is 40.9 Å². The van der Waals surface area contributed by atoms with E-state index in [0.717, 1.165) is 0 Å². The number of nitrogens with one attached hydrogen (secondary N) is 1. The molecule has 1 aromatic carbocycles. The van der Waals surface area contributed by atoms with Gasteiger partial charge in [0.15, 0.2) is 0 Å². The van der Waals surface area contributed by atoms with Crippen LogP contribution in [-0.2, 0) is 17.0 Å². The van der Waals surface area contributed by atoms with E-state index in [9.17, 15) is 9.90 Å². The van der Waals surface area contributed by atoms with Gasteiger partial charge in [-0.2, -0.15) is 11.8 Å². The van der Waals surface area contributed by atoms with E-state index in [0.29, 0.717) is 27.8 Å². The van der Waals surface area contributed by atoms with Crippen LogP contribution in [0.4, 0.5) is 4.39 Å². The van der Waals surface area contributed by atoms with Crippen LogP contribution < -0.4 is 5.32 Å². The van der Waals surface area contributed by atoms with Crippen LogP contribution in [0.5, 0.6) is 5.88 Å². The van der Waals surface area contributed by atoms with E-state index in [1.54, 1.807) is 30.0 Å². The molecule has 0 unspecified atom stereocenters. The van der Waals surface area contributed by atoms with Crippen molar-refractivity contribution in [3.8, 4) is 5.88 Å². The van der Waals surface area contributed by atoms with Crippen molar-refractivity contribution in [1.29, 1.82) is 0 Å². The quantitative estimate of drug-likeness (QED) is 0.611. The van der Waals surface area contributed by atoms with E-state index in [1.807, 2.05) is 6.26 Å². The second-order valence-corrected chi connectivity index (χ2v) is 7.52. The highest BCUT2D eigenvalue weighted by atomic mass is 35.5. The Morgan fingerprint density at radius 2 is 2.15 bits per heavy atom. The molecule has 0 saturated carbocycles. The highest BCUT2D eigenvalue weighted by molar-refractivity contribution is 7.98. The molecule has 0 aliphatic carbocycles. The molecule has 140 valence electrons.